The number of aliphatic hydroxyl groups is 1. The maximum Gasteiger partial charge on any atom is 0.125 e. The van der Waals surface area contributed by atoms with Crippen molar-refractivity contribution < 1.29 is 14.2 Å². The topological polar surface area (TPSA) is 29.5 Å². The van der Waals surface area contributed by atoms with Crippen molar-refractivity contribution in [2.45, 2.75) is 38.9 Å². The van der Waals surface area contributed by atoms with E-state index in [2.05, 4.69) is 13.8 Å². The highest BCUT2D eigenvalue weighted by molar-refractivity contribution is 5.37. The van der Waals surface area contributed by atoms with Crippen molar-refractivity contribution in [2.24, 2.45) is 5.92 Å². The Kier molecular flexibility index (Phi) is 3.15. The molecule has 2 rings (SSSR count). The van der Waals surface area contributed by atoms with Crippen molar-refractivity contribution in [3.05, 3.63) is 29.6 Å². The summed E-state index contributed by atoms with van der Waals surface area (Å²) in [6.07, 6.45) is 0.888. The Morgan fingerprint density at radius 1 is 1.50 bits per heavy atom. The van der Waals surface area contributed by atoms with E-state index in [1.54, 1.807) is 6.07 Å². The summed E-state index contributed by atoms with van der Waals surface area (Å²) in [6.45, 7) is 4.24. The molecule has 88 valence electrons. The van der Waals surface area contributed by atoms with Crippen LogP contribution in [0.5, 0.6) is 5.75 Å². The molecule has 0 bridgehead atoms. The maximum absolute atomic E-state index is 13.0. The number of halogens is 1. The molecule has 0 radical (unpaired) electrons. The highest BCUT2D eigenvalue weighted by Crippen LogP contribution is 2.36. The zero-order valence-electron chi connectivity index (χ0n) is 9.61. The number of benzene rings is 1. The third-order valence-electron chi connectivity index (χ3n) is 2.84. The van der Waals surface area contributed by atoms with Gasteiger partial charge in [0.15, 0.2) is 0 Å². The van der Waals surface area contributed by atoms with Gasteiger partial charge in [0, 0.05) is 12.0 Å². The molecule has 0 aromatic heterocycles. The first-order chi connectivity index (χ1) is 7.56. The van der Waals surface area contributed by atoms with Crippen LogP contribution in [0.4, 0.5) is 4.39 Å². The zero-order chi connectivity index (χ0) is 11.7. The van der Waals surface area contributed by atoms with Crippen molar-refractivity contribution in [3.63, 3.8) is 0 Å². The fraction of sp³-hybridized carbons (Fsp3) is 0.538. The number of hydrogen-bond acceptors (Lipinski definition) is 2. The Morgan fingerprint density at radius 2 is 2.25 bits per heavy atom. The number of fused-ring (bicyclic) bond motifs is 1. The predicted molar refractivity (Wildman–Crippen MR) is 59.8 cm³/mol. The van der Waals surface area contributed by atoms with Gasteiger partial charge < -0.3 is 9.84 Å². The minimum atomic E-state index is -0.608. The molecule has 0 spiro atoms. The van der Waals surface area contributed by atoms with E-state index in [1.807, 2.05) is 0 Å². The predicted octanol–water partition coefficient (Wildman–Crippen LogP) is 3.06. The molecule has 1 heterocycles. The summed E-state index contributed by atoms with van der Waals surface area (Å²) in [4.78, 5) is 0. The van der Waals surface area contributed by atoms with Gasteiger partial charge in [-0.05, 0) is 30.5 Å². The van der Waals surface area contributed by atoms with Crippen LogP contribution in [-0.4, -0.2) is 11.2 Å². The Hall–Kier alpha value is -1.09. The molecule has 1 aromatic rings. The van der Waals surface area contributed by atoms with Gasteiger partial charge in [0.2, 0.25) is 0 Å². The average molecular weight is 224 g/mol. The lowest BCUT2D eigenvalue weighted by molar-refractivity contribution is 0.0553. The number of aliphatic hydroxyl groups excluding tert-OH is 1. The molecule has 1 aliphatic heterocycles. The quantitative estimate of drug-likeness (QED) is 0.836. The molecule has 2 atom stereocenters. The van der Waals surface area contributed by atoms with Crippen molar-refractivity contribution in [3.8, 4) is 5.75 Å². The molecular formula is C13H17FO2. The lowest BCUT2D eigenvalue weighted by atomic mass is 9.94. The van der Waals surface area contributed by atoms with Crippen molar-refractivity contribution in [2.75, 3.05) is 0 Å². The molecule has 0 saturated heterocycles. The Morgan fingerprint density at radius 3 is 2.94 bits per heavy atom. The highest BCUT2D eigenvalue weighted by Gasteiger charge is 2.27. The van der Waals surface area contributed by atoms with E-state index in [0.29, 0.717) is 23.7 Å². The summed E-state index contributed by atoms with van der Waals surface area (Å²) in [5.41, 5.74) is 0.569. The van der Waals surface area contributed by atoms with E-state index in [-0.39, 0.29) is 11.9 Å². The van der Waals surface area contributed by atoms with Gasteiger partial charge in [0.25, 0.3) is 0 Å². The molecule has 0 saturated carbocycles. The van der Waals surface area contributed by atoms with E-state index in [1.165, 1.54) is 12.1 Å². The number of hydrogen-bond donors (Lipinski definition) is 1. The van der Waals surface area contributed by atoms with Crippen molar-refractivity contribution >= 4 is 0 Å². The molecule has 16 heavy (non-hydrogen) atoms. The van der Waals surface area contributed by atoms with Gasteiger partial charge in [-0.1, -0.05) is 13.8 Å². The monoisotopic (exact) mass is 224 g/mol. The van der Waals surface area contributed by atoms with Gasteiger partial charge in [-0.25, -0.2) is 4.39 Å². The molecule has 0 fully saturated rings. The van der Waals surface area contributed by atoms with E-state index in [0.717, 1.165) is 6.42 Å². The lowest BCUT2D eigenvalue weighted by Gasteiger charge is -2.30. The fourth-order valence-electron chi connectivity index (χ4n) is 2.16. The first-order valence-corrected chi connectivity index (χ1v) is 5.70. The van der Waals surface area contributed by atoms with E-state index >= 15 is 0 Å². The normalized spacial score (nSPS) is 24.1. The summed E-state index contributed by atoms with van der Waals surface area (Å²) in [7, 11) is 0. The van der Waals surface area contributed by atoms with Gasteiger partial charge in [-0.3, -0.25) is 0 Å². The van der Waals surface area contributed by atoms with Crippen LogP contribution in [0.1, 0.15) is 38.4 Å². The average Bonchev–Trinajstić information content (AvgIpc) is 2.18. The van der Waals surface area contributed by atoms with Gasteiger partial charge in [-0.15, -0.1) is 0 Å². The van der Waals surface area contributed by atoms with Crippen LogP contribution < -0.4 is 4.74 Å². The smallest absolute Gasteiger partial charge is 0.125 e. The maximum atomic E-state index is 13.0. The van der Waals surface area contributed by atoms with Gasteiger partial charge in [0.05, 0.1) is 6.10 Å². The number of ether oxygens (including phenoxy) is 1. The lowest BCUT2D eigenvalue weighted by Crippen LogP contribution is -2.27. The Bertz CT molecular complexity index is 376. The second kappa shape index (κ2) is 4.42. The van der Waals surface area contributed by atoms with Crippen LogP contribution in [-0.2, 0) is 0 Å². The summed E-state index contributed by atoms with van der Waals surface area (Å²) < 4.78 is 18.8. The van der Waals surface area contributed by atoms with Gasteiger partial charge in [-0.2, -0.15) is 0 Å². The first kappa shape index (κ1) is 11.4. The Labute approximate surface area is 95.1 Å². The fourth-order valence-corrected chi connectivity index (χ4v) is 2.16. The third-order valence-corrected chi connectivity index (χ3v) is 2.84. The molecule has 1 unspecified atom stereocenters. The molecular weight excluding hydrogens is 207 g/mol. The van der Waals surface area contributed by atoms with E-state index in [4.69, 9.17) is 4.74 Å². The summed E-state index contributed by atoms with van der Waals surface area (Å²) in [6, 6.07) is 4.31. The van der Waals surface area contributed by atoms with Crippen LogP contribution in [0.3, 0.4) is 0 Å². The molecule has 0 aliphatic carbocycles. The Balaban J connectivity index is 2.20. The van der Waals surface area contributed by atoms with Crippen molar-refractivity contribution in [1.29, 1.82) is 0 Å². The summed E-state index contributed by atoms with van der Waals surface area (Å²) in [5, 5.41) is 9.92. The minimum Gasteiger partial charge on any atom is -0.490 e. The summed E-state index contributed by atoms with van der Waals surface area (Å²) in [5.74, 6) is 0.814. The van der Waals surface area contributed by atoms with Crippen molar-refractivity contribution in [1.82, 2.24) is 0 Å². The minimum absolute atomic E-state index is 0.0351. The standard InChI is InChI=1S/C13H17FO2/c1-8(2)5-10-7-12(15)11-6-9(14)3-4-13(11)16-10/h3-4,6,8,10,12,15H,5,7H2,1-2H3/t10?,12-/m0/s1. The van der Waals surface area contributed by atoms with Crippen LogP contribution in [0.25, 0.3) is 0 Å². The van der Waals surface area contributed by atoms with Gasteiger partial charge >= 0.3 is 0 Å². The zero-order valence-corrected chi connectivity index (χ0v) is 9.61. The molecule has 0 amide bonds. The van der Waals surface area contributed by atoms with E-state index in [9.17, 15) is 9.50 Å². The van der Waals surface area contributed by atoms with Crippen LogP contribution >= 0.6 is 0 Å². The largest absolute Gasteiger partial charge is 0.490 e. The van der Waals surface area contributed by atoms with Gasteiger partial charge in [0.1, 0.15) is 17.7 Å². The second-order valence-corrected chi connectivity index (χ2v) is 4.80. The van der Waals surface area contributed by atoms with Crippen LogP contribution in [0, 0.1) is 11.7 Å². The molecule has 2 nitrogen and oxygen atoms in total. The highest BCUT2D eigenvalue weighted by atomic mass is 19.1. The molecule has 1 aromatic carbocycles. The SMILES string of the molecule is CC(C)CC1C[C@H](O)c2cc(F)ccc2O1. The van der Waals surface area contributed by atoms with Crippen LogP contribution in [0.2, 0.25) is 0 Å². The first-order valence-electron chi connectivity index (χ1n) is 5.70. The van der Waals surface area contributed by atoms with E-state index < -0.39 is 6.10 Å². The molecule has 1 N–H and O–H groups in total. The molecule has 1 aliphatic rings. The summed E-state index contributed by atoms with van der Waals surface area (Å²) >= 11 is 0. The third kappa shape index (κ3) is 2.35. The number of rotatable bonds is 2. The van der Waals surface area contributed by atoms with Crippen LogP contribution in [0.15, 0.2) is 18.2 Å². The second-order valence-electron chi connectivity index (χ2n) is 4.80. The molecule has 3 heteroatoms.